The Bertz CT molecular complexity index is 1170. The van der Waals surface area contributed by atoms with Crippen LogP contribution in [-0.2, 0) is 9.59 Å². The first-order valence-electron chi connectivity index (χ1n) is 9.96. The summed E-state index contributed by atoms with van der Waals surface area (Å²) in [6.45, 7) is 2.57. The Kier molecular flexibility index (Phi) is 6.80. The van der Waals surface area contributed by atoms with Gasteiger partial charge >= 0.3 is 0 Å². The molecule has 0 radical (unpaired) electrons. The van der Waals surface area contributed by atoms with Crippen LogP contribution in [0.25, 0.3) is 6.08 Å². The highest BCUT2D eigenvalue weighted by Crippen LogP contribution is 2.38. The number of amides is 3. The van der Waals surface area contributed by atoms with Crippen LogP contribution in [0.5, 0.6) is 23.0 Å². The third kappa shape index (κ3) is 5.09. The van der Waals surface area contributed by atoms with Crippen LogP contribution in [-0.4, -0.2) is 53.4 Å². The normalized spacial score (nSPS) is 16.3. The lowest BCUT2D eigenvalue weighted by Gasteiger charge is -2.19. The minimum absolute atomic E-state index is 0.0511. The first-order valence-corrected chi connectivity index (χ1v) is 11.6. The van der Waals surface area contributed by atoms with E-state index in [2.05, 4.69) is 21.2 Å². The van der Waals surface area contributed by atoms with Crippen molar-refractivity contribution in [3.63, 3.8) is 0 Å². The fraction of sp³-hybridized carbons (Fsp3) is 0.227. The Morgan fingerprint density at radius 1 is 1.24 bits per heavy atom. The molecule has 2 aromatic rings. The second-order valence-electron chi connectivity index (χ2n) is 6.95. The van der Waals surface area contributed by atoms with Gasteiger partial charge in [-0.3, -0.25) is 19.3 Å². The van der Waals surface area contributed by atoms with E-state index in [1.54, 1.807) is 31.2 Å². The SMILES string of the molecule is CCOc1cc(/C=C2\SC(=O)N(CC(=O)Nc3ccc4c(c3)OCCO4)C2=O)c(Br)cc1O. The third-order valence-corrected chi connectivity index (χ3v) is 6.26. The molecule has 0 saturated carbocycles. The summed E-state index contributed by atoms with van der Waals surface area (Å²) in [5.74, 6) is 0.192. The molecule has 11 heteroatoms. The van der Waals surface area contributed by atoms with Gasteiger partial charge in [0.2, 0.25) is 5.91 Å². The van der Waals surface area contributed by atoms with Crippen molar-refractivity contribution in [3.8, 4) is 23.0 Å². The van der Waals surface area contributed by atoms with Crippen LogP contribution in [0.2, 0.25) is 0 Å². The van der Waals surface area contributed by atoms with E-state index < -0.39 is 23.6 Å². The van der Waals surface area contributed by atoms with Gasteiger partial charge in [0.05, 0.1) is 11.5 Å². The fourth-order valence-electron chi connectivity index (χ4n) is 3.18. The topological polar surface area (TPSA) is 114 Å². The summed E-state index contributed by atoms with van der Waals surface area (Å²) < 4.78 is 16.8. The van der Waals surface area contributed by atoms with Crippen molar-refractivity contribution in [3.05, 3.63) is 45.3 Å². The van der Waals surface area contributed by atoms with Crippen molar-refractivity contribution in [1.29, 1.82) is 0 Å². The summed E-state index contributed by atoms with van der Waals surface area (Å²) in [5, 5.41) is 12.1. The van der Waals surface area contributed by atoms with Crippen LogP contribution in [0.1, 0.15) is 12.5 Å². The van der Waals surface area contributed by atoms with Crippen molar-refractivity contribution in [2.45, 2.75) is 6.92 Å². The number of rotatable bonds is 6. The van der Waals surface area contributed by atoms with Crippen LogP contribution in [0.4, 0.5) is 10.5 Å². The largest absolute Gasteiger partial charge is 0.504 e. The number of carbonyl (C=O) groups excluding carboxylic acids is 3. The lowest BCUT2D eigenvalue weighted by Crippen LogP contribution is -2.36. The molecule has 0 spiro atoms. The molecule has 2 aliphatic rings. The van der Waals surface area contributed by atoms with Crippen LogP contribution in [0, 0.1) is 0 Å². The van der Waals surface area contributed by atoms with Crippen molar-refractivity contribution in [1.82, 2.24) is 4.90 Å². The highest BCUT2D eigenvalue weighted by atomic mass is 79.9. The molecule has 2 N–H and O–H groups in total. The Morgan fingerprint density at radius 2 is 2.00 bits per heavy atom. The summed E-state index contributed by atoms with van der Waals surface area (Å²) in [7, 11) is 0. The summed E-state index contributed by atoms with van der Waals surface area (Å²) in [4.78, 5) is 38.7. The second kappa shape index (κ2) is 9.75. The molecule has 2 heterocycles. The Labute approximate surface area is 201 Å². The Morgan fingerprint density at radius 3 is 2.76 bits per heavy atom. The zero-order valence-electron chi connectivity index (χ0n) is 17.4. The molecule has 0 atom stereocenters. The quantitative estimate of drug-likeness (QED) is 0.534. The first-order chi connectivity index (χ1) is 15.9. The lowest BCUT2D eigenvalue weighted by atomic mass is 10.2. The molecule has 1 saturated heterocycles. The molecule has 33 heavy (non-hydrogen) atoms. The smallest absolute Gasteiger partial charge is 0.294 e. The molecule has 2 aliphatic heterocycles. The van der Waals surface area contributed by atoms with Gasteiger partial charge in [-0.1, -0.05) is 15.9 Å². The maximum Gasteiger partial charge on any atom is 0.294 e. The van der Waals surface area contributed by atoms with Gasteiger partial charge in [-0.2, -0.15) is 0 Å². The molecule has 0 aromatic heterocycles. The number of aromatic hydroxyl groups is 1. The van der Waals surface area contributed by atoms with Gasteiger partial charge < -0.3 is 24.6 Å². The van der Waals surface area contributed by atoms with E-state index in [1.807, 2.05) is 0 Å². The van der Waals surface area contributed by atoms with Gasteiger partial charge in [-0.15, -0.1) is 0 Å². The molecule has 9 nitrogen and oxygen atoms in total. The fourth-order valence-corrected chi connectivity index (χ4v) is 4.46. The number of carbonyl (C=O) groups is 3. The van der Waals surface area contributed by atoms with Gasteiger partial charge in [0.25, 0.3) is 11.1 Å². The molecule has 2 aromatic carbocycles. The molecule has 4 rings (SSSR count). The maximum atomic E-state index is 12.8. The van der Waals surface area contributed by atoms with E-state index >= 15 is 0 Å². The molecule has 1 fully saturated rings. The zero-order chi connectivity index (χ0) is 23.5. The van der Waals surface area contributed by atoms with Crippen molar-refractivity contribution >= 4 is 56.5 Å². The molecular formula is C22H19BrN2O7S. The van der Waals surface area contributed by atoms with E-state index in [-0.39, 0.29) is 16.4 Å². The van der Waals surface area contributed by atoms with Crippen LogP contribution in [0.15, 0.2) is 39.7 Å². The standard InChI is InChI=1S/C22H19BrN2O7S/c1-2-30-17-7-12(14(23)10-15(17)26)8-19-21(28)25(22(29)33-19)11-20(27)24-13-3-4-16-18(9-13)32-6-5-31-16/h3-4,7-10,26H,2,5-6,11H2,1H3,(H,24,27)/b19-8-. The zero-order valence-corrected chi connectivity index (χ0v) is 19.8. The van der Waals surface area contributed by atoms with Gasteiger partial charge in [-0.05, 0) is 54.6 Å². The number of nitrogens with zero attached hydrogens (tertiary/aromatic N) is 1. The van der Waals surface area contributed by atoms with E-state index in [0.29, 0.717) is 47.0 Å². The number of ether oxygens (including phenoxy) is 3. The third-order valence-electron chi connectivity index (χ3n) is 4.67. The van der Waals surface area contributed by atoms with Gasteiger partial charge in [0.1, 0.15) is 19.8 Å². The first kappa shape index (κ1) is 23.0. The summed E-state index contributed by atoms with van der Waals surface area (Å²) in [6.07, 6.45) is 1.51. The monoisotopic (exact) mass is 534 g/mol. The number of thioether (sulfide) groups is 1. The number of hydrogen-bond acceptors (Lipinski definition) is 8. The number of hydrogen-bond donors (Lipinski definition) is 2. The van der Waals surface area contributed by atoms with Gasteiger partial charge in [0.15, 0.2) is 23.0 Å². The number of phenols is 1. The summed E-state index contributed by atoms with van der Waals surface area (Å²) >= 11 is 4.06. The Hall–Kier alpha value is -3.18. The minimum atomic E-state index is -0.583. The van der Waals surface area contributed by atoms with E-state index in [9.17, 15) is 19.5 Å². The second-order valence-corrected chi connectivity index (χ2v) is 8.80. The van der Waals surface area contributed by atoms with Crippen LogP contribution < -0.4 is 19.5 Å². The number of benzene rings is 2. The van der Waals surface area contributed by atoms with Crippen LogP contribution >= 0.6 is 27.7 Å². The number of anilines is 1. The van der Waals surface area contributed by atoms with Gasteiger partial charge in [-0.25, -0.2) is 0 Å². The maximum absolute atomic E-state index is 12.8. The number of imide groups is 1. The number of phenolic OH excluding ortho intramolecular Hbond substituents is 1. The van der Waals surface area contributed by atoms with E-state index in [0.717, 1.165) is 16.7 Å². The van der Waals surface area contributed by atoms with Gasteiger partial charge in [0, 0.05) is 16.2 Å². The van der Waals surface area contributed by atoms with E-state index in [4.69, 9.17) is 14.2 Å². The number of halogens is 1. The molecule has 172 valence electrons. The highest BCUT2D eigenvalue weighted by Gasteiger charge is 2.36. The number of fused-ring (bicyclic) bond motifs is 1. The summed E-state index contributed by atoms with van der Waals surface area (Å²) in [6, 6.07) is 7.96. The van der Waals surface area contributed by atoms with Crippen molar-refractivity contribution in [2.75, 3.05) is 31.7 Å². The van der Waals surface area contributed by atoms with Crippen LogP contribution in [0.3, 0.4) is 0 Å². The van der Waals surface area contributed by atoms with Crippen molar-refractivity contribution in [2.24, 2.45) is 0 Å². The predicted molar refractivity (Wildman–Crippen MR) is 126 cm³/mol. The molecular weight excluding hydrogens is 516 g/mol. The average molecular weight is 535 g/mol. The Balaban J connectivity index is 1.46. The van der Waals surface area contributed by atoms with E-state index in [1.165, 1.54) is 12.1 Å². The van der Waals surface area contributed by atoms with Crippen molar-refractivity contribution < 1.29 is 33.7 Å². The summed E-state index contributed by atoms with van der Waals surface area (Å²) in [5.41, 5.74) is 1.01. The number of nitrogens with one attached hydrogen (secondary N) is 1. The molecule has 3 amide bonds. The molecule has 0 bridgehead atoms. The molecule has 0 unspecified atom stereocenters. The molecule has 0 aliphatic carbocycles. The average Bonchev–Trinajstić information content (AvgIpc) is 3.04. The lowest BCUT2D eigenvalue weighted by molar-refractivity contribution is -0.127. The predicted octanol–water partition coefficient (Wildman–Crippen LogP) is 4.00. The minimum Gasteiger partial charge on any atom is -0.504 e. The highest BCUT2D eigenvalue weighted by molar-refractivity contribution is 9.10.